The van der Waals surface area contributed by atoms with Crippen LogP contribution in [-0.4, -0.2) is 47.5 Å². The number of carboxylic acids is 1. The van der Waals surface area contributed by atoms with E-state index < -0.39 is 5.97 Å². The molecule has 1 aliphatic heterocycles. The van der Waals surface area contributed by atoms with Gasteiger partial charge in [0.05, 0.1) is 18.9 Å². The molecule has 7 nitrogen and oxygen atoms in total. The summed E-state index contributed by atoms with van der Waals surface area (Å²) in [4.78, 5) is 37.0. The van der Waals surface area contributed by atoms with Crippen molar-refractivity contribution in [2.45, 2.75) is 31.8 Å². The number of likely N-dealkylation sites (tertiary alicyclic amines) is 1. The van der Waals surface area contributed by atoms with E-state index in [2.05, 4.69) is 5.32 Å². The molecule has 1 atom stereocenters. The topological polar surface area (TPSA) is 95.9 Å². The number of methoxy groups -OCH3 is 1. The van der Waals surface area contributed by atoms with Gasteiger partial charge in [-0.2, -0.15) is 0 Å². The molecule has 2 fully saturated rings. The highest BCUT2D eigenvalue weighted by molar-refractivity contribution is 5.89. The van der Waals surface area contributed by atoms with Crippen LogP contribution >= 0.6 is 0 Å². The highest BCUT2D eigenvalue weighted by Gasteiger charge is 2.39. The van der Waals surface area contributed by atoms with Crippen LogP contribution in [0.25, 0.3) is 0 Å². The predicted octanol–water partition coefficient (Wildman–Crippen LogP) is 1.02. The van der Waals surface area contributed by atoms with Gasteiger partial charge in [0, 0.05) is 25.6 Å². The quantitative estimate of drug-likeness (QED) is 0.802. The second kappa shape index (κ2) is 7.13. The zero-order chi connectivity index (χ0) is 18.0. The first-order valence-corrected chi connectivity index (χ1v) is 8.40. The molecule has 1 aliphatic carbocycles. The average Bonchev–Trinajstić information content (AvgIpc) is 2.91. The molecule has 7 heteroatoms. The summed E-state index contributed by atoms with van der Waals surface area (Å²) in [6.45, 7) is 0.864. The highest BCUT2D eigenvalue weighted by Crippen LogP contribution is 2.28. The standard InChI is InChI=1S/C18H22N2O5/c1-25-15-4-2-11(3-5-15)9-20-10-13(8-16(20)21)17(22)19-14-6-12(7-14)18(23)24/h2-5,12-14H,6-10H2,1H3,(H,19,22)(H,23,24). The molecule has 1 heterocycles. The number of nitrogens with zero attached hydrogens (tertiary/aromatic N) is 1. The third kappa shape index (κ3) is 3.92. The van der Waals surface area contributed by atoms with E-state index in [1.54, 1.807) is 12.0 Å². The summed E-state index contributed by atoms with van der Waals surface area (Å²) in [5.74, 6) is -0.967. The molecular formula is C18H22N2O5. The van der Waals surface area contributed by atoms with Gasteiger partial charge < -0.3 is 20.1 Å². The minimum Gasteiger partial charge on any atom is -0.497 e. The van der Waals surface area contributed by atoms with Gasteiger partial charge in [-0.25, -0.2) is 0 Å². The van der Waals surface area contributed by atoms with Crippen molar-refractivity contribution in [3.63, 3.8) is 0 Å². The van der Waals surface area contributed by atoms with Crippen LogP contribution in [-0.2, 0) is 20.9 Å². The van der Waals surface area contributed by atoms with Crippen LogP contribution in [0, 0.1) is 11.8 Å². The van der Waals surface area contributed by atoms with Crippen LogP contribution in [0.5, 0.6) is 5.75 Å². The third-order valence-corrected chi connectivity index (χ3v) is 4.95. The Labute approximate surface area is 146 Å². The van der Waals surface area contributed by atoms with Gasteiger partial charge in [-0.05, 0) is 30.5 Å². The van der Waals surface area contributed by atoms with Crippen molar-refractivity contribution in [1.82, 2.24) is 10.2 Å². The molecule has 1 saturated heterocycles. The maximum Gasteiger partial charge on any atom is 0.306 e. The number of hydrogen-bond acceptors (Lipinski definition) is 4. The summed E-state index contributed by atoms with van der Waals surface area (Å²) in [7, 11) is 1.60. The van der Waals surface area contributed by atoms with E-state index in [0.29, 0.717) is 25.9 Å². The summed E-state index contributed by atoms with van der Waals surface area (Å²) >= 11 is 0. The van der Waals surface area contributed by atoms with Crippen molar-refractivity contribution in [3.05, 3.63) is 29.8 Å². The summed E-state index contributed by atoms with van der Waals surface area (Å²) in [6, 6.07) is 7.41. The Hall–Kier alpha value is -2.57. The molecule has 2 N–H and O–H groups in total. The van der Waals surface area contributed by atoms with E-state index >= 15 is 0 Å². The van der Waals surface area contributed by atoms with Crippen LogP contribution in [0.3, 0.4) is 0 Å². The number of rotatable bonds is 6. The van der Waals surface area contributed by atoms with Crippen LogP contribution in [0.15, 0.2) is 24.3 Å². The predicted molar refractivity (Wildman–Crippen MR) is 88.8 cm³/mol. The van der Waals surface area contributed by atoms with Crippen molar-refractivity contribution in [1.29, 1.82) is 0 Å². The lowest BCUT2D eigenvalue weighted by atomic mass is 9.80. The number of benzene rings is 1. The van der Waals surface area contributed by atoms with Gasteiger partial charge >= 0.3 is 5.97 Å². The van der Waals surface area contributed by atoms with Crippen LogP contribution in [0.1, 0.15) is 24.8 Å². The van der Waals surface area contributed by atoms with E-state index in [1.165, 1.54) is 0 Å². The molecule has 1 saturated carbocycles. The first kappa shape index (κ1) is 17.3. The van der Waals surface area contributed by atoms with Crippen molar-refractivity contribution >= 4 is 17.8 Å². The number of carbonyl (C=O) groups excluding carboxylic acids is 2. The molecule has 0 aromatic heterocycles. The smallest absolute Gasteiger partial charge is 0.306 e. The lowest BCUT2D eigenvalue weighted by Crippen LogP contribution is -2.48. The van der Waals surface area contributed by atoms with Gasteiger partial charge in [-0.1, -0.05) is 12.1 Å². The number of amides is 2. The monoisotopic (exact) mass is 346 g/mol. The minimum atomic E-state index is -0.813. The minimum absolute atomic E-state index is 0.0343. The van der Waals surface area contributed by atoms with E-state index in [0.717, 1.165) is 11.3 Å². The van der Waals surface area contributed by atoms with Gasteiger partial charge in [0.2, 0.25) is 11.8 Å². The Morgan fingerprint density at radius 3 is 2.52 bits per heavy atom. The lowest BCUT2D eigenvalue weighted by molar-refractivity contribution is -0.146. The second-order valence-electron chi connectivity index (χ2n) is 6.74. The SMILES string of the molecule is COc1ccc(CN2CC(C(=O)NC3CC(C(=O)O)C3)CC2=O)cc1. The average molecular weight is 346 g/mol. The van der Waals surface area contributed by atoms with Crippen LogP contribution in [0.2, 0.25) is 0 Å². The number of carbonyl (C=O) groups is 3. The van der Waals surface area contributed by atoms with Crippen molar-refractivity contribution in [2.75, 3.05) is 13.7 Å². The molecule has 0 spiro atoms. The molecule has 25 heavy (non-hydrogen) atoms. The van der Waals surface area contributed by atoms with E-state index in [4.69, 9.17) is 9.84 Å². The van der Waals surface area contributed by atoms with Crippen molar-refractivity contribution < 1.29 is 24.2 Å². The first-order chi connectivity index (χ1) is 12.0. The largest absolute Gasteiger partial charge is 0.497 e. The van der Waals surface area contributed by atoms with Crippen molar-refractivity contribution in [2.24, 2.45) is 11.8 Å². The molecule has 0 radical (unpaired) electrons. The van der Waals surface area contributed by atoms with Gasteiger partial charge in [0.25, 0.3) is 0 Å². The van der Waals surface area contributed by atoms with E-state index in [1.807, 2.05) is 24.3 Å². The highest BCUT2D eigenvalue weighted by atomic mass is 16.5. The Kier molecular flexibility index (Phi) is 4.92. The molecule has 1 aromatic rings. The fraction of sp³-hybridized carbons (Fsp3) is 0.500. The van der Waals surface area contributed by atoms with Gasteiger partial charge in [0.1, 0.15) is 5.75 Å². The Morgan fingerprint density at radius 2 is 1.92 bits per heavy atom. The zero-order valence-corrected chi connectivity index (χ0v) is 14.1. The molecule has 0 bridgehead atoms. The van der Waals surface area contributed by atoms with Crippen LogP contribution in [0.4, 0.5) is 0 Å². The van der Waals surface area contributed by atoms with E-state index in [-0.39, 0.29) is 36.1 Å². The molecule has 3 rings (SSSR count). The molecule has 1 aromatic carbocycles. The Bertz CT molecular complexity index is 667. The lowest BCUT2D eigenvalue weighted by Gasteiger charge is -2.33. The van der Waals surface area contributed by atoms with Gasteiger partial charge in [-0.15, -0.1) is 0 Å². The molecule has 134 valence electrons. The maximum absolute atomic E-state index is 12.3. The molecule has 2 amide bonds. The fourth-order valence-corrected chi connectivity index (χ4v) is 3.31. The van der Waals surface area contributed by atoms with Gasteiger partial charge in [0.15, 0.2) is 0 Å². The summed E-state index contributed by atoms with van der Waals surface area (Å²) in [5, 5.41) is 11.7. The molecule has 2 aliphatic rings. The number of hydrogen-bond donors (Lipinski definition) is 2. The Balaban J connectivity index is 1.49. The number of aliphatic carboxylic acids is 1. The number of nitrogens with one attached hydrogen (secondary N) is 1. The zero-order valence-electron chi connectivity index (χ0n) is 14.1. The second-order valence-corrected chi connectivity index (χ2v) is 6.74. The third-order valence-electron chi connectivity index (χ3n) is 4.95. The summed E-state index contributed by atoms with van der Waals surface area (Å²) in [5.41, 5.74) is 0.985. The van der Waals surface area contributed by atoms with Gasteiger partial charge in [-0.3, -0.25) is 14.4 Å². The number of ether oxygens (including phenoxy) is 1. The summed E-state index contributed by atoms with van der Waals surface area (Å²) in [6.07, 6.45) is 1.14. The molecule has 1 unspecified atom stereocenters. The summed E-state index contributed by atoms with van der Waals surface area (Å²) < 4.78 is 5.11. The van der Waals surface area contributed by atoms with Crippen molar-refractivity contribution in [3.8, 4) is 5.75 Å². The Morgan fingerprint density at radius 1 is 1.24 bits per heavy atom. The van der Waals surface area contributed by atoms with Crippen LogP contribution < -0.4 is 10.1 Å². The first-order valence-electron chi connectivity index (χ1n) is 8.40. The fourth-order valence-electron chi connectivity index (χ4n) is 3.31. The molecular weight excluding hydrogens is 324 g/mol. The normalized spacial score (nSPS) is 25.4. The number of carboxylic acid groups (broad SMARTS) is 1. The van der Waals surface area contributed by atoms with E-state index in [9.17, 15) is 14.4 Å². The maximum atomic E-state index is 12.3.